The molecule has 5 aromatic carbocycles. The van der Waals surface area contributed by atoms with Crippen molar-refractivity contribution in [1.29, 1.82) is 0 Å². The van der Waals surface area contributed by atoms with E-state index in [1.165, 1.54) is 0 Å². The van der Waals surface area contributed by atoms with E-state index in [1.807, 2.05) is 115 Å². The predicted molar refractivity (Wildman–Crippen MR) is 158 cm³/mol. The van der Waals surface area contributed by atoms with Crippen LogP contribution in [0.2, 0.25) is 0 Å². The van der Waals surface area contributed by atoms with Crippen LogP contribution < -0.4 is 16.2 Å². The zero-order chi connectivity index (χ0) is 25.8. The van der Waals surface area contributed by atoms with Gasteiger partial charge >= 0.3 is 0 Å². The highest BCUT2D eigenvalue weighted by molar-refractivity contribution is 7.85. The molecule has 1 heterocycles. The maximum atomic E-state index is 15.3. The highest BCUT2D eigenvalue weighted by Crippen LogP contribution is 2.42. The SMILES string of the molecule is O=P(c1cccc(-c2ccccc2)c1)(c1cccc(-c2ccccc2)c1)c1ncc(-c2ccccc2)cn1. The molecule has 0 N–H and O–H groups in total. The monoisotopic (exact) mass is 508 g/mol. The highest BCUT2D eigenvalue weighted by atomic mass is 31.2. The zero-order valence-corrected chi connectivity index (χ0v) is 21.6. The molecule has 0 bridgehead atoms. The number of nitrogens with zero attached hydrogens (tertiary/aromatic N) is 2. The van der Waals surface area contributed by atoms with Gasteiger partial charge in [-0.1, -0.05) is 127 Å². The maximum Gasteiger partial charge on any atom is 0.206 e. The standard InChI is InChI=1S/C34H25N2OP/c37-38(32-20-10-18-29(22-32)26-12-4-1-5-13-26,33-21-11-19-30(23-33)27-14-6-2-7-15-27)34-35-24-31(25-36-34)28-16-8-3-9-17-28/h1-25H. The van der Waals surface area contributed by atoms with E-state index in [2.05, 4.69) is 24.3 Å². The molecular formula is C34H25N2OP. The van der Waals surface area contributed by atoms with Gasteiger partial charge in [0.1, 0.15) is 0 Å². The normalized spacial score (nSPS) is 11.3. The summed E-state index contributed by atoms with van der Waals surface area (Å²) in [5, 5.41) is 1.41. The first-order chi connectivity index (χ1) is 18.7. The third kappa shape index (κ3) is 4.61. The number of aromatic nitrogens is 2. The van der Waals surface area contributed by atoms with Gasteiger partial charge in [-0.05, 0) is 39.9 Å². The van der Waals surface area contributed by atoms with Crippen LogP contribution in [0.3, 0.4) is 0 Å². The van der Waals surface area contributed by atoms with Gasteiger partial charge in [0.25, 0.3) is 0 Å². The molecule has 38 heavy (non-hydrogen) atoms. The zero-order valence-electron chi connectivity index (χ0n) is 20.7. The molecule has 0 fully saturated rings. The molecule has 0 unspecified atom stereocenters. The minimum Gasteiger partial charge on any atom is -0.305 e. The number of benzene rings is 5. The lowest BCUT2D eigenvalue weighted by Gasteiger charge is -2.20. The van der Waals surface area contributed by atoms with Crippen molar-refractivity contribution in [1.82, 2.24) is 9.97 Å². The largest absolute Gasteiger partial charge is 0.305 e. The summed E-state index contributed by atoms with van der Waals surface area (Å²) >= 11 is 0. The Bertz CT molecular complexity index is 1630. The van der Waals surface area contributed by atoms with E-state index in [9.17, 15) is 0 Å². The Morgan fingerprint density at radius 1 is 0.395 bits per heavy atom. The lowest BCUT2D eigenvalue weighted by atomic mass is 10.1. The van der Waals surface area contributed by atoms with Gasteiger partial charge in [-0.15, -0.1) is 0 Å². The summed E-state index contributed by atoms with van der Waals surface area (Å²) in [6.07, 6.45) is 3.54. The second kappa shape index (κ2) is 10.4. The van der Waals surface area contributed by atoms with Gasteiger partial charge in [-0.2, -0.15) is 0 Å². The molecule has 0 aliphatic carbocycles. The quantitative estimate of drug-likeness (QED) is 0.225. The van der Waals surface area contributed by atoms with Crippen LogP contribution in [0.4, 0.5) is 0 Å². The minimum absolute atomic E-state index is 0.326. The smallest absolute Gasteiger partial charge is 0.206 e. The third-order valence-electron chi connectivity index (χ3n) is 6.66. The number of hydrogen-bond acceptors (Lipinski definition) is 3. The van der Waals surface area contributed by atoms with Crippen LogP contribution in [0.1, 0.15) is 0 Å². The Morgan fingerprint density at radius 2 is 0.763 bits per heavy atom. The molecule has 182 valence electrons. The van der Waals surface area contributed by atoms with Crippen LogP contribution in [-0.2, 0) is 4.57 Å². The average molecular weight is 509 g/mol. The third-order valence-corrected chi connectivity index (χ3v) is 9.47. The van der Waals surface area contributed by atoms with Crippen LogP contribution in [0.25, 0.3) is 33.4 Å². The van der Waals surface area contributed by atoms with Crippen LogP contribution in [-0.4, -0.2) is 9.97 Å². The fourth-order valence-corrected chi connectivity index (χ4v) is 7.10. The fraction of sp³-hybridized carbons (Fsp3) is 0. The predicted octanol–water partition coefficient (Wildman–Crippen LogP) is 7.12. The van der Waals surface area contributed by atoms with E-state index in [0.29, 0.717) is 16.2 Å². The van der Waals surface area contributed by atoms with E-state index >= 15 is 4.57 Å². The second-order valence-corrected chi connectivity index (χ2v) is 11.7. The molecule has 4 heteroatoms. The first-order valence-corrected chi connectivity index (χ1v) is 14.2. The van der Waals surface area contributed by atoms with Crippen molar-refractivity contribution < 1.29 is 4.57 Å². The molecule has 0 aliphatic rings. The van der Waals surface area contributed by atoms with Crippen LogP contribution in [0, 0.1) is 0 Å². The summed E-state index contributed by atoms with van der Waals surface area (Å²) in [4.78, 5) is 9.42. The lowest BCUT2D eigenvalue weighted by molar-refractivity contribution is 0.591. The topological polar surface area (TPSA) is 42.9 Å². The van der Waals surface area contributed by atoms with E-state index in [1.54, 1.807) is 12.4 Å². The van der Waals surface area contributed by atoms with Gasteiger partial charge in [0.15, 0.2) is 5.57 Å². The summed E-state index contributed by atoms with van der Waals surface area (Å²) < 4.78 is 15.3. The molecule has 0 saturated heterocycles. The first-order valence-electron chi connectivity index (χ1n) is 12.5. The Labute approximate surface area is 222 Å². The molecule has 1 aromatic heterocycles. The summed E-state index contributed by atoms with van der Waals surface area (Å²) in [7, 11) is -3.40. The molecule has 3 nitrogen and oxygen atoms in total. The molecule has 6 rings (SSSR count). The molecule has 0 saturated carbocycles. The van der Waals surface area contributed by atoms with Gasteiger partial charge in [0, 0.05) is 28.6 Å². The van der Waals surface area contributed by atoms with Gasteiger partial charge in [-0.3, -0.25) is 0 Å². The van der Waals surface area contributed by atoms with E-state index in [0.717, 1.165) is 33.4 Å². The molecule has 0 amide bonds. The molecule has 6 aromatic rings. The van der Waals surface area contributed by atoms with Crippen molar-refractivity contribution in [2.24, 2.45) is 0 Å². The Balaban J connectivity index is 1.52. The number of hydrogen-bond donors (Lipinski definition) is 0. The summed E-state index contributed by atoms with van der Waals surface area (Å²) in [5.41, 5.74) is 6.38. The summed E-state index contributed by atoms with van der Waals surface area (Å²) in [5.74, 6) is 0. The molecule has 0 aliphatic heterocycles. The van der Waals surface area contributed by atoms with Crippen LogP contribution in [0.5, 0.6) is 0 Å². The second-order valence-electron chi connectivity index (χ2n) is 9.08. The van der Waals surface area contributed by atoms with Crippen molar-refractivity contribution in [3.8, 4) is 33.4 Å². The summed E-state index contributed by atoms with van der Waals surface area (Å²) in [6.45, 7) is 0. The van der Waals surface area contributed by atoms with Crippen molar-refractivity contribution in [3.05, 3.63) is 152 Å². The fourth-order valence-electron chi connectivity index (χ4n) is 4.67. The Kier molecular flexibility index (Phi) is 6.52. The van der Waals surface area contributed by atoms with Gasteiger partial charge in [0.05, 0.1) is 0 Å². The van der Waals surface area contributed by atoms with Crippen molar-refractivity contribution in [2.45, 2.75) is 0 Å². The summed E-state index contributed by atoms with van der Waals surface area (Å²) in [6, 6.07) is 46.2. The van der Waals surface area contributed by atoms with E-state index in [-0.39, 0.29) is 0 Å². The average Bonchev–Trinajstić information content (AvgIpc) is 3.02. The van der Waals surface area contributed by atoms with Crippen molar-refractivity contribution in [3.63, 3.8) is 0 Å². The number of rotatable bonds is 6. The molecule has 0 spiro atoms. The van der Waals surface area contributed by atoms with E-state index in [4.69, 9.17) is 9.97 Å². The Hall–Kier alpha value is -4.59. The lowest BCUT2D eigenvalue weighted by Crippen LogP contribution is -2.29. The Morgan fingerprint density at radius 3 is 1.18 bits per heavy atom. The van der Waals surface area contributed by atoms with Crippen molar-refractivity contribution in [2.75, 3.05) is 0 Å². The first kappa shape index (κ1) is 23.8. The highest BCUT2D eigenvalue weighted by Gasteiger charge is 2.33. The molecule has 0 radical (unpaired) electrons. The van der Waals surface area contributed by atoms with Gasteiger partial charge in [-0.25, -0.2) is 9.97 Å². The van der Waals surface area contributed by atoms with Gasteiger partial charge < -0.3 is 4.57 Å². The molecular weight excluding hydrogens is 483 g/mol. The maximum absolute atomic E-state index is 15.3. The van der Waals surface area contributed by atoms with E-state index < -0.39 is 7.14 Å². The van der Waals surface area contributed by atoms with Crippen molar-refractivity contribution >= 4 is 23.3 Å². The van der Waals surface area contributed by atoms with Gasteiger partial charge in [0.2, 0.25) is 7.14 Å². The minimum atomic E-state index is -3.40. The van der Waals surface area contributed by atoms with Crippen LogP contribution >= 0.6 is 7.14 Å². The van der Waals surface area contributed by atoms with Crippen LogP contribution in [0.15, 0.2) is 152 Å². The molecule has 0 atom stereocenters.